The van der Waals surface area contributed by atoms with Gasteiger partial charge in [-0.05, 0) is 55.5 Å². The zero-order chi connectivity index (χ0) is 16.9. The van der Waals surface area contributed by atoms with Crippen LogP contribution in [0.15, 0.2) is 43.1 Å². The molecule has 134 valence electrons. The molecular weight excluding hydrogens is 336 g/mol. The SMILES string of the molecule is C=CC1CNCCC1CCC(=O)c1ccnc2ccc(OC)cc12.Cl. The zero-order valence-corrected chi connectivity index (χ0v) is 15.3. The first-order valence-electron chi connectivity index (χ1n) is 8.52. The van der Waals surface area contributed by atoms with Gasteiger partial charge in [0.1, 0.15) is 5.75 Å². The van der Waals surface area contributed by atoms with E-state index in [0.717, 1.165) is 48.1 Å². The number of methoxy groups -OCH3 is 1. The Hall–Kier alpha value is -1.91. The molecule has 0 spiro atoms. The number of ether oxygens (including phenoxy) is 1. The van der Waals surface area contributed by atoms with E-state index in [2.05, 4.69) is 16.9 Å². The minimum absolute atomic E-state index is 0. The van der Waals surface area contributed by atoms with Crippen LogP contribution in [0.25, 0.3) is 10.9 Å². The van der Waals surface area contributed by atoms with E-state index in [4.69, 9.17) is 4.74 Å². The monoisotopic (exact) mass is 360 g/mol. The molecule has 0 amide bonds. The van der Waals surface area contributed by atoms with Gasteiger partial charge in [-0.15, -0.1) is 19.0 Å². The van der Waals surface area contributed by atoms with Gasteiger partial charge in [-0.1, -0.05) is 6.08 Å². The number of nitrogens with one attached hydrogen (secondary N) is 1. The lowest BCUT2D eigenvalue weighted by molar-refractivity contribution is 0.0968. The second-order valence-corrected chi connectivity index (χ2v) is 6.36. The predicted octanol–water partition coefficient (Wildman–Crippen LogP) is 4.04. The average Bonchev–Trinajstić information content (AvgIpc) is 2.65. The van der Waals surface area contributed by atoms with Crippen LogP contribution in [0.3, 0.4) is 0 Å². The summed E-state index contributed by atoms with van der Waals surface area (Å²) in [4.78, 5) is 17.1. The Balaban J connectivity index is 0.00000225. The van der Waals surface area contributed by atoms with Crippen LogP contribution in [0, 0.1) is 11.8 Å². The largest absolute Gasteiger partial charge is 0.497 e. The van der Waals surface area contributed by atoms with Crippen molar-refractivity contribution in [1.29, 1.82) is 0 Å². The smallest absolute Gasteiger partial charge is 0.163 e. The summed E-state index contributed by atoms with van der Waals surface area (Å²) < 4.78 is 5.28. The highest BCUT2D eigenvalue weighted by Crippen LogP contribution is 2.28. The minimum atomic E-state index is 0. The molecule has 1 N–H and O–H groups in total. The number of Topliss-reactive ketones (excluding diaryl/α,β-unsaturated/α-hetero) is 1. The number of hydrogen-bond donors (Lipinski definition) is 1. The number of hydrogen-bond acceptors (Lipinski definition) is 4. The number of halogens is 1. The predicted molar refractivity (Wildman–Crippen MR) is 104 cm³/mol. The molecule has 25 heavy (non-hydrogen) atoms. The highest BCUT2D eigenvalue weighted by Gasteiger charge is 2.23. The molecule has 0 radical (unpaired) electrons. The fourth-order valence-electron chi connectivity index (χ4n) is 3.52. The van der Waals surface area contributed by atoms with Gasteiger partial charge in [-0.25, -0.2) is 0 Å². The Bertz CT molecular complexity index is 748. The molecule has 2 unspecified atom stereocenters. The van der Waals surface area contributed by atoms with E-state index in [0.29, 0.717) is 18.3 Å². The average molecular weight is 361 g/mol. The van der Waals surface area contributed by atoms with E-state index < -0.39 is 0 Å². The Morgan fingerprint density at radius 2 is 2.28 bits per heavy atom. The second-order valence-electron chi connectivity index (χ2n) is 6.36. The van der Waals surface area contributed by atoms with Crippen molar-refractivity contribution in [1.82, 2.24) is 10.3 Å². The molecule has 1 aromatic heterocycles. The van der Waals surface area contributed by atoms with Crippen LogP contribution in [0.5, 0.6) is 5.75 Å². The molecule has 1 aliphatic heterocycles. The van der Waals surface area contributed by atoms with Gasteiger partial charge in [-0.2, -0.15) is 0 Å². The van der Waals surface area contributed by atoms with Gasteiger partial charge in [0.25, 0.3) is 0 Å². The maximum absolute atomic E-state index is 12.8. The summed E-state index contributed by atoms with van der Waals surface area (Å²) in [5, 5.41) is 4.26. The summed E-state index contributed by atoms with van der Waals surface area (Å²) in [6.45, 7) is 5.93. The number of carbonyl (C=O) groups excluding carboxylic acids is 1. The van der Waals surface area contributed by atoms with Crippen LogP contribution >= 0.6 is 12.4 Å². The van der Waals surface area contributed by atoms with Gasteiger partial charge in [0.2, 0.25) is 0 Å². The Labute approximate surface area is 155 Å². The first kappa shape index (κ1) is 19.4. The molecule has 1 fully saturated rings. The van der Waals surface area contributed by atoms with Gasteiger partial charge >= 0.3 is 0 Å². The summed E-state index contributed by atoms with van der Waals surface area (Å²) in [5.41, 5.74) is 1.57. The molecule has 0 bridgehead atoms. The van der Waals surface area contributed by atoms with Gasteiger partial charge in [0, 0.05) is 30.1 Å². The van der Waals surface area contributed by atoms with Crippen LogP contribution in [-0.2, 0) is 0 Å². The molecule has 1 aliphatic rings. The van der Waals surface area contributed by atoms with Gasteiger partial charge in [0.15, 0.2) is 5.78 Å². The van der Waals surface area contributed by atoms with E-state index in [1.165, 1.54) is 0 Å². The lowest BCUT2D eigenvalue weighted by Gasteiger charge is -2.29. The fraction of sp³-hybridized carbons (Fsp3) is 0.400. The van der Waals surface area contributed by atoms with Gasteiger partial charge in [-0.3, -0.25) is 9.78 Å². The number of aromatic nitrogens is 1. The zero-order valence-electron chi connectivity index (χ0n) is 14.5. The van der Waals surface area contributed by atoms with Crippen molar-refractivity contribution in [2.45, 2.75) is 19.3 Å². The number of pyridine rings is 1. The van der Waals surface area contributed by atoms with Crippen molar-refractivity contribution >= 4 is 29.1 Å². The summed E-state index contributed by atoms with van der Waals surface area (Å²) in [5.74, 6) is 1.92. The van der Waals surface area contributed by atoms with E-state index in [1.807, 2.05) is 30.3 Å². The van der Waals surface area contributed by atoms with Crippen molar-refractivity contribution in [3.05, 3.63) is 48.7 Å². The quantitative estimate of drug-likeness (QED) is 0.624. The molecular formula is C20H25ClN2O2. The highest BCUT2D eigenvalue weighted by atomic mass is 35.5. The second kappa shape index (κ2) is 8.97. The molecule has 0 aliphatic carbocycles. The van der Waals surface area contributed by atoms with Crippen LogP contribution in [0.2, 0.25) is 0 Å². The van der Waals surface area contributed by atoms with Gasteiger partial charge in [0.05, 0.1) is 12.6 Å². The lowest BCUT2D eigenvalue weighted by atomic mass is 9.82. The molecule has 3 rings (SSSR count). The molecule has 0 saturated carbocycles. The summed E-state index contributed by atoms with van der Waals surface area (Å²) in [6, 6.07) is 7.48. The molecule has 1 aromatic carbocycles. The van der Waals surface area contributed by atoms with Crippen molar-refractivity contribution in [3.8, 4) is 5.75 Å². The number of nitrogens with zero attached hydrogens (tertiary/aromatic N) is 1. The Kier molecular flexibility index (Phi) is 6.97. The lowest BCUT2D eigenvalue weighted by Crippen LogP contribution is -2.35. The normalized spacial score (nSPS) is 19.9. The van der Waals surface area contributed by atoms with Crippen molar-refractivity contribution in [2.24, 2.45) is 11.8 Å². The van der Waals surface area contributed by atoms with E-state index in [1.54, 1.807) is 13.3 Å². The minimum Gasteiger partial charge on any atom is -0.497 e. The number of fused-ring (bicyclic) bond motifs is 1. The maximum Gasteiger partial charge on any atom is 0.163 e. The van der Waals surface area contributed by atoms with Crippen molar-refractivity contribution in [3.63, 3.8) is 0 Å². The topological polar surface area (TPSA) is 51.2 Å². The summed E-state index contributed by atoms with van der Waals surface area (Å²) >= 11 is 0. The first-order chi connectivity index (χ1) is 11.7. The Morgan fingerprint density at radius 3 is 3.04 bits per heavy atom. The molecule has 2 aromatic rings. The maximum atomic E-state index is 12.8. The highest BCUT2D eigenvalue weighted by molar-refractivity contribution is 6.07. The van der Waals surface area contributed by atoms with Crippen LogP contribution < -0.4 is 10.1 Å². The van der Waals surface area contributed by atoms with E-state index in [-0.39, 0.29) is 18.2 Å². The Morgan fingerprint density at radius 1 is 1.44 bits per heavy atom. The number of piperidine rings is 1. The van der Waals surface area contributed by atoms with E-state index >= 15 is 0 Å². The van der Waals surface area contributed by atoms with Crippen molar-refractivity contribution < 1.29 is 9.53 Å². The third-order valence-corrected chi connectivity index (χ3v) is 4.97. The van der Waals surface area contributed by atoms with Gasteiger partial charge < -0.3 is 10.1 Å². The molecule has 1 saturated heterocycles. The molecule has 2 heterocycles. The molecule has 2 atom stereocenters. The van der Waals surface area contributed by atoms with Crippen LogP contribution in [-0.4, -0.2) is 31.0 Å². The first-order valence-corrected chi connectivity index (χ1v) is 8.52. The number of benzene rings is 1. The third kappa shape index (κ3) is 4.39. The summed E-state index contributed by atoms with van der Waals surface area (Å²) in [6.07, 6.45) is 6.30. The number of carbonyl (C=O) groups is 1. The van der Waals surface area contributed by atoms with E-state index in [9.17, 15) is 4.79 Å². The summed E-state index contributed by atoms with van der Waals surface area (Å²) in [7, 11) is 1.63. The third-order valence-electron chi connectivity index (χ3n) is 4.97. The molecule has 4 nitrogen and oxygen atoms in total. The van der Waals surface area contributed by atoms with Crippen LogP contribution in [0.1, 0.15) is 29.6 Å². The fourth-order valence-corrected chi connectivity index (χ4v) is 3.52. The molecule has 5 heteroatoms. The number of ketones is 1. The number of rotatable bonds is 6. The standard InChI is InChI=1S/C20H24N2O2.ClH/c1-3-14-13-21-10-8-15(14)4-7-20(23)17-9-11-22-19-6-5-16(24-2)12-18(17)19;/h3,5-6,9,11-12,14-15,21H,1,4,7-8,10,13H2,2H3;1H. The van der Waals surface area contributed by atoms with Crippen LogP contribution in [0.4, 0.5) is 0 Å². The van der Waals surface area contributed by atoms with Crippen molar-refractivity contribution in [2.75, 3.05) is 20.2 Å².